The molecule has 6 aromatic rings. The average Bonchev–Trinajstić information content (AvgIpc) is 2.96. The van der Waals surface area contributed by atoms with Crippen molar-refractivity contribution in [2.24, 2.45) is 0 Å². The lowest BCUT2D eigenvalue weighted by molar-refractivity contribution is 0.202. The van der Waals surface area contributed by atoms with Gasteiger partial charge >= 0.3 is 0 Å². The summed E-state index contributed by atoms with van der Waals surface area (Å²) in [6.45, 7) is 0.214. The van der Waals surface area contributed by atoms with Crippen molar-refractivity contribution in [3.05, 3.63) is 127 Å². The third kappa shape index (κ3) is 4.13. The van der Waals surface area contributed by atoms with E-state index in [0.29, 0.717) is 0 Å². The van der Waals surface area contributed by atoms with Crippen LogP contribution in [0.25, 0.3) is 54.9 Å². The Balaban J connectivity index is 1.63. The van der Waals surface area contributed by atoms with Crippen molar-refractivity contribution in [1.82, 2.24) is 0 Å². The Kier molecular flexibility index (Phi) is 5.95. The molecule has 0 aromatic heterocycles. The fourth-order valence-electron chi connectivity index (χ4n) is 4.96. The Labute approximate surface area is 211 Å². The Morgan fingerprint density at radius 2 is 1.08 bits per heavy atom. The zero-order chi connectivity index (χ0) is 24.3. The smallest absolute Gasteiger partial charge is 0.127 e. The fourth-order valence-corrected chi connectivity index (χ4v) is 4.96. The molecule has 0 amide bonds. The number of fused-ring (bicyclic) bond motifs is 2. The quantitative estimate of drug-likeness (QED) is 0.267. The lowest BCUT2D eigenvalue weighted by Crippen LogP contribution is -2.03. The van der Waals surface area contributed by atoms with Crippen LogP contribution in [0, 0.1) is 0 Å². The maximum atomic E-state index is 9.50. The number of hydrogen-bond donors (Lipinski definition) is 1. The largest absolute Gasteiger partial charge is 0.491 e. The van der Waals surface area contributed by atoms with Crippen LogP contribution < -0.4 is 4.74 Å². The van der Waals surface area contributed by atoms with Crippen molar-refractivity contribution in [3.63, 3.8) is 0 Å². The number of hydrogen-bond acceptors (Lipinski definition) is 2. The zero-order valence-corrected chi connectivity index (χ0v) is 19.9. The normalized spacial score (nSPS) is 11.1. The van der Waals surface area contributed by atoms with Crippen LogP contribution in [0.15, 0.2) is 127 Å². The van der Waals surface area contributed by atoms with Crippen LogP contribution in [0.5, 0.6) is 5.75 Å². The second-order valence-corrected chi connectivity index (χ2v) is 8.92. The minimum Gasteiger partial charge on any atom is -0.491 e. The molecule has 2 heteroatoms. The van der Waals surface area contributed by atoms with Crippen molar-refractivity contribution >= 4 is 21.5 Å². The lowest BCUT2D eigenvalue weighted by atomic mass is 9.90. The molecule has 0 heterocycles. The number of benzene rings is 6. The third-order valence-electron chi connectivity index (χ3n) is 6.70. The van der Waals surface area contributed by atoms with Crippen LogP contribution in [-0.4, -0.2) is 18.3 Å². The summed E-state index contributed by atoms with van der Waals surface area (Å²) >= 11 is 0. The molecule has 2 nitrogen and oxygen atoms in total. The molecule has 0 unspecified atom stereocenters. The molecule has 6 rings (SSSR count). The highest BCUT2D eigenvalue weighted by Crippen LogP contribution is 2.42. The van der Waals surface area contributed by atoms with E-state index >= 15 is 0 Å². The monoisotopic (exact) mass is 466 g/mol. The van der Waals surface area contributed by atoms with E-state index in [0.717, 1.165) is 33.2 Å². The molecular weight excluding hydrogens is 440 g/mol. The van der Waals surface area contributed by atoms with Gasteiger partial charge in [0.1, 0.15) is 12.4 Å². The number of rotatable bonds is 6. The van der Waals surface area contributed by atoms with E-state index in [1.54, 1.807) is 0 Å². The Hall–Kier alpha value is -4.40. The topological polar surface area (TPSA) is 29.5 Å². The number of ether oxygens (including phenoxy) is 1. The van der Waals surface area contributed by atoms with Crippen molar-refractivity contribution in [3.8, 4) is 39.1 Å². The lowest BCUT2D eigenvalue weighted by Gasteiger charge is -2.17. The van der Waals surface area contributed by atoms with Crippen LogP contribution in [-0.2, 0) is 0 Å². The van der Waals surface area contributed by atoms with E-state index in [-0.39, 0.29) is 13.2 Å². The first-order chi connectivity index (χ1) is 17.8. The molecule has 6 aromatic carbocycles. The van der Waals surface area contributed by atoms with Gasteiger partial charge in [0, 0.05) is 5.56 Å². The van der Waals surface area contributed by atoms with Gasteiger partial charge in [0.2, 0.25) is 0 Å². The van der Waals surface area contributed by atoms with Gasteiger partial charge in [-0.2, -0.15) is 0 Å². The molecule has 0 aliphatic heterocycles. The van der Waals surface area contributed by atoms with Crippen LogP contribution in [0.4, 0.5) is 0 Å². The molecule has 0 fully saturated rings. The minimum atomic E-state index is -0.0325. The van der Waals surface area contributed by atoms with E-state index in [1.807, 2.05) is 18.2 Å². The fraction of sp³-hybridized carbons (Fsp3) is 0.0588. The molecule has 0 bridgehead atoms. The van der Waals surface area contributed by atoms with Crippen molar-refractivity contribution in [1.29, 1.82) is 0 Å². The summed E-state index contributed by atoms with van der Waals surface area (Å²) in [6, 6.07) is 44.7. The van der Waals surface area contributed by atoms with Crippen molar-refractivity contribution in [2.45, 2.75) is 0 Å². The molecule has 0 aliphatic rings. The molecule has 0 atom stereocenters. The molecule has 0 saturated carbocycles. The summed E-state index contributed by atoms with van der Waals surface area (Å²) in [6.07, 6.45) is 0. The molecule has 0 aliphatic carbocycles. The highest BCUT2D eigenvalue weighted by atomic mass is 16.5. The first kappa shape index (κ1) is 22.1. The van der Waals surface area contributed by atoms with Crippen LogP contribution in [0.2, 0.25) is 0 Å². The van der Waals surface area contributed by atoms with E-state index in [4.69, 9.17) is 4.74 Å². The van der Waals surface area contributed by atoms with Gasteiger partial charge in [0.25, 0.3) is 0 Å². The van der Waals surface area contributed by atoms with E-state index in [2.05, 4.69) is 109 Å². The van der Waals surface area contributed by atoms with Gasteiger partial charge in [-0.3, -0.25) is 0 Å². The summed E-state index contributed by atoms with van der Waals surface area (Å²) in [5.41, 5.74) is 6.88. The summed E-state index contributed by atoms with van der Waals surface area (Å²) in [4.78, 5) is 0. The predicted octanol–water partition coefficient (Wildman–Crippen LogP) is 8.37. The van der Waals surface area contributed by atoms with Crippen molar-refractivity contribution in [2.75, 3.05) is 13.2 Å². The highest BCUT2D eigenvalue weighted by molar-refractivity contribution is 6.09. The van der Waals surface area contributed by atoms with Gasteiger partial charge in [0.15, 0.2) is 0 Å². The van der Waals surface area contributed by atoms with Crippen LogP contribution in [0.1, 0.15) is 0 Å². The Bertz CT molecular complexity index is 1650. The zero-order valence-electron chi connectivity index (χ0n) is 19.9. The van der Waals surface area contributed by atoms with Gasteiger partial charge in [-0.25, -0.2) is 0 Å². The van der Waals surface area contributed by atoms with Crippen molar-refractivity contribution < 1.29 is 9.84 Å². The Morgan fingerprint density at radius 3 is 1.72 bits per heavy atom. The molecular formula is C34H26O2. The maximum Gasteiger partial charge on any atom is 0.127 e. The SMILES string of the molecule is OCCOc1ccc2ccc(-c3ccccc3)cc2c1-c1cccc2ccc(-c3ccccc3)cc12. The van der Waals surface area contributed by atoms with Gasteiger partial charge < -0.3 is 9.84 Å². The molecule has 0 radical (unpaired) electrons. The Morgan fingerprint density at radius 1 is 0.500 bits per heavy atom. The van der Waals surface area contributed by atoms with Gasteiger partial charge in [-0.05, 0) is 67.6 Å². The van der Waals surface area contributed by atoms with Gasteiger partial charge in [-0.15, -0.1) is 0 Å². The second kappa shape index (κ2) is 9.69. The second-order valence-electron chi connectivity index (χ2n) is 8.92. The molecule has 1 N–H and O–H groups in total. The first-order valence-corrected chi connectivity index (χ1v) is 12.3. The van der Waals surface area contributed by atoms with E-state index in [1.165, 1.54) is 27.5 Å². The highest BCUT2D eigenvalue weighted by Gasteiger charge is 2.16. The summed E-state index contributed by atoms with van der Waals surface area (Å²) in [7, 11) is 0. The maximum absolute atomic E-state index is 9.50. The summed E-state index contributed by atoms with van der Waals surface area (Å²) in [5.74, 6) is 0.777. The first-order valence-electron chi connectivity index (χ1n) is 12.3. The molecule has 0 spiro atoms. The van der Waals surface area contributed by atoms with E-state index < -0.39 is 0 Å². The minimum absolute atomic E-state index is 0.0325. The average molecular weight is 467 g/mol. The molecule has 0 saturated heterocycles. The summed E-state index contributed by atoms with van der Waals surface area (Å²) in [5, 5.41) is 14.1. The van der Waals surface area contributed by atoms with Crippen LogP contribution >= 0.6 is 0 Å². The number of aliphatic hydroxyl groups excluding tert-OH is 1. The third-order valence-corrected chi connectivity index (χ3v) is 6.70. The van der Waals surface area contributed by atoms with Gasteiger partial charge in [-0.1, -0.05) is 109 Å². The van der Waals surface area contributed by atoms with Crippen LogP contribution in [0.3, 0.4) is 0 Å². The van der Waals surface area contributed by atoms with Gasteiger partial charge in [0.05, 0.1) is 6.61 Å². The van der Waals surface area contributed by atoms with E-state index in [9.17, 15) is 5.11 Å². The predicted molar refractivity (Wildman–Crippen MR) is 150 cm³/mol. The summed E-state index contributed by atoms with van der Waals surface area (Å²) < 4.78 is 6.11. The molecule has 36 heavy (non-hydrogen) atoms. The standard InChI is InChI=1S/C34H26O2/c35-20-21-36-33-19-18-27-15-17-29(25-10-5-2-6-11-25)23-32(27)34(33)30-13-7-12-26-14-16-28(22-31(26)30)24-8-3-1-4-9-24/h1-19,22-23,35H,20-21H2. The molecule has 174 valence electrons. The number of aliphatic hydroxyl groups is 1.